The van der Waals surface area contributed by atoms with Crippen molar-refractivity contribution in [2.75, 3.05) is 0 Å². The lowest BCUT2D eigenvalue weighted by atomic mass is 9.75. The summed E-state index contributed by atoms with van der Waals surface area (Å²) in [6.07, 6.45) is 5.79. The molecule has 0 fully saturated rings. The van der Waals surface area contributed by atoms with E-state index in [9.17, 15) is 5.11 Å². The molecule has 0 heterocycles. The Bertz CT molecular complexity index is 290. The van der Waals surface area contributed by atoms with Gasteiger partial charge in [-0.3, -0.25) is 0 Å². The number of rotatable bonds is 3. The molecule has 0 saturated carbocycles. The largest absolute Gasteiger partial charge is 0.513 e. The van der Waals surface area contributed by atoms with E-state index in [2.05, 4.69) is 26.8 Å². The Morgan fingerprint density at radius 2 is 2.07 bits per heavy atom. The zero-order chi connectivity index (χ0) is 11.6. The first kappa shape index (κ1) is 12.4. The van der Waals surface area contributed by atoms with Crippen molar-refractivity contribution < 1.29 is 5.11 Å². The van der Waals surface area contributed by atoms with Gasteiger partial charge < -0.3 is 5.11 Å². The maximum absolute atomic E-state index is 9.34. The summed E-state index contributed by atoms with van der Waals surface area (Å²) in [7, 11) is 0. The van der Waals surface area contributed by atoms with E-state index < -0.39 is 0 Å². The highest BCUT2D eigenvalue weighted by Crippen LogP contribution is 2.45. The fourth-order valence-corrected chi connectivity index (χ4v) is 2.25. The fourth-order valence-electron chi connectivity index (χ4n) is 2.25. The highest BCUT2D eigenvalue weighted by Gasteiger charge is 2.34. The lowest BCUT2D eigenvalue weighted by Crippen LogP contribution is -2.20. The van der Waals surface area contributed by atoms with Crippen molar-refractivity contribution in [1.29, 1.82) is 0 Å². The van der Waals surface area contributed by atoms with Crippen LogP contribution >= 0.6 is 0 Å². The van der Waals surface area contributed by atoms with Crippen LogP contribution in [-0.4, -0.2) is 5.11 Å². The summed E-state index contributed by atoms with van der Waals surface area (Å²) in [5.41, 5.74) is 3.01. The third-order valence-corrected chi connectivity index (χ3v) is 4.23. The van der Waals surface area contributed by atoms with Gasteiger partial charge in [0, 0.05) is 0 Å². The Morgan fingerprint density at radius 3 is 2.47 bits per heavy atom. The molecule has 1 aliphatic carbocycles. The van der Waals surface area contributed by atoms with E-state index in [0.29, 0.717) is 11.2 Å². The fraction of sp³-hybridized carbons (Fsp3) is 0.714. The quantitative estimate of drug-likeness (QED) is 0.530. The minimum atomic E-state index is 0.351. The van der Waals surface area contributed by atoms with Gasteiger partial charge in [-0.2, -0.15) is 0 Å². The van der Waals surface area contributed by atoms with Gasteiger partial charge in [-0.25, -0.2) is 0 Å². The van der Waals surface area contributed by atoms with Crippen LogP contribution in [0.4, 0.5) is 0 Å². The smallest absolute Gasteiger partial charge is 0.0880 e. The predicted octanol–water partition coefficient (Wildman–Crippen LogP) is 4.61. The van der Waals surface area contributed by atoms with Gasteiger partial charge in [-0.05, 0) is 56.9 Å². The topological polar surface area (TPSA) is 20.2 Å². The van der Waals surface area contributed by atoms with Crippen LogP contribution in [0.25, 0.3) is 0 Å². The minimum Gasteiger partial charge on any atom is -0.513 e. The summed E-state index contributed by atoms with van der Waals surface area (Å²) in [4.78, 5) is 0. The molecule has 0 bridgehead atoms. The van der Waals surface area contributed by atoms with E-state index in [-0.39, 0.29) is 0 Å². The van der Waals surface area contributed by atoms with Crippen LogP contribution in [0, 0.1) is 11.3 Å². The van der Waals surface area contributed by atoms with E-state index in [1.54, 1.807) is 6.92 Å². The summed E-state index contributed by atoms with van der Waals surface area (Å²) >= 11 is 0. The number of aliphatic hydroxyl groups excluding tert-OH is 1. The number of allylic oxidation sites excluding steroid dienone is 4. The molecule has 0 unspecified atom stereocenters. The standard InChI is InChI=1S/C14H24O/c1-10(12(3)15)6-8-13-9-7-11(2)14(13,4)5/h7,13,15H,6,8-9H2,1-5H3/b12-10-/t13-/m0/s1. The highest BCUT2D eigenvalue weighted by atomic mass is 16.3. The molecule has 0 amide bonds. The molecule has 0 aromatic rings. The van der Waals surface area contributed by atoms with Crippen molar-refractivity contribution in [3.8, 4) is 0 Å². The Kier molecular flexibility index (Phi) is 3.64. The van der Waals surface area contributed by atoms with Gasteiger partial charge in [0.15, 0.2) is 0 Å². The second-order valence-electron chi connectivity index (χ2n) is 5.45. The number of hydrogen-bond acceptors (Lipinski definition) is 1. The van der Waals surface area contributed by atoms with Crippen LogP contribution in [0.1, 0.15) is 53.9 Å². The third-order valence-electron chi connectivity index (χ3n) is 4.23. The molecule has 0 spiro atoms. The Morgan fingerprint density at radius 1 is 1.47 bits per heavy atom. The number of hydrogen-bond donors (Lipinski definition) is 1. The molecular weight excluding hydrogens is 184 g/mol. The van der Waals surface area contributed by atoms with E-state index in [0.717, 1.165) is 17.9 Å². The summed E-state index contributed by atoms with van der Waals surface area (Å²) in [6, 6.07) is 0. The first-order chi connectivity index (χ1) is 6.85. The molecule has 1 nitrogen and oxygen atoms in total. The van der Waals surface area contributed by atoms with Gasteiger partial charge in [0.1, 0.15) is 0 Å². The normalized spacial score (nSPS) is 26.2. The molecule has 1 heteroatoms. The summed E-state index contributed by atoms with van der Waals surface area (Å²) in [5.74, 6) is 1.24. The van der Waals surface area contributed by atoms with Gasteiger partial charge in [0.2, 0.25) is 0 Å². The summed E-state index contributed by atoms with van der Waals surface area (Å²) in [5, 5.41) is 9.34. The summed E-state index contributed by atoms with van der Waals surface area (Å²) < 4.78 is 0. The second kappa shape index (κ2) is 4.42. The average molecular weight is 208 g/mol. The molecule has 0 aliphatic heterocycles. The summed E-state index contributed by atoms with van der Waals surface area (Å²) in [6.45, 7) is 10.7. The van der Waals surface area contributed by atoms with E-state index in [1.807, 2.05) is 6.92 Å². The van der Waals surface area contributed by atoms with Crippen molar-refractivity contribution in [2.24, 2.45) is 11.3 Å². The number of aliphatic hydroxyl groups is 1. The van der Waals surface area contributed by atoms with Crippen molar-refractivity contribution in [3.63, 3.8) is 0 Å². The molecule has 0 aromatic heterocycles. The van der Waals surface area contributed by atoms with Crippen LogP contribution < -0.4 is 0 Å². The Hall–Kier alpha value is -0.720. The van der Waals surface area contributed by atoms with E-state index in [1.165, 1.54) is 18.4 Å². The van der Waals surface area contributed by atoms with E-state index >= 15 is 0 Å². The van der Waals surface area contributed by atoms with Crippen LogP contribution in [0.2, 0.25) is 0 Å². The van der Waals surface area contributed by atoms with Gasteiger partial charge in [0.25, 0.3) is 0 Å². The maximum Gasteiger partial charge on any atom is 0.0880 e. The molecule has 1 N–H and O–H groups in total. The molecule has 0 saturated heterocycles. The van der Waals surface area contributed by atoms with Gasteiger partial charge in [-0.15, -0.1) is 0 Å². The molecule has 1 atom stereocenters. The second-order valence-corrected chi connectivity index (χ2v) is 5.45. The lowest BCUT2D eigenvalue weighted by Gasteiger charge is -2.29. The lowest BCUT2D eigenvalue weighted by molar-refractivity contribution is 0.273. The predicted molar refractivity (Wildman–Crippen MR) is 65.9 cm³/mol. The molecular formula is C14H24O. The first-order valence-electron chi connectivity index (χ1n) is 5.88. The zero-order valence-corrected chi connectivity index (χ0v) is 10.7. The molecule has 86 valence electrons. The molecule has 0 aromatic carbocycles. The maximum atomic E-state index is 9.34. The third kappa shape index (κ3) is 2.64. The van der Waals surface area contributed by atoms with Crippen molar-refractivity contribution in [3.05, 3.63) is 23.0 Å². The monoisotopic (exact) mass is 208 g/mol. The zero-order valence-electron chi connectivity index (χ0n) is 10.7. The molecule has 0 radical (unpaired) electrons. The first-order valence-corrected chi connectivity index (χ1v) is 5.88. The van der Waals surface area contributed by atoms with Crippen LogP contribution in [0.15, 0.2) is 23.0 Å². The van der Waals surface area contributed by atoms with Crippen molar-refractivity contribution in [1.82, 2.24) is 0 Å². The van der Waals surface area contributed by atoms with Crippen molar-refractivity contribution in [2.45, 2.75) is 53.9 Å². The van der Waals surface area contributed by atoms with Gasteiger partial charge >= 0.3 is 0 Å². The van der Waals surface area contributed by atoms with Crippen LogP contribution in [-0.2, 0) is 0 Å². The SMILES string of the molecule is CC1=CC[C@H](CC/C(C)=C(/C)O)C1(C)C. The highest BCUT2D eigenvalue weighted by molar-refractivity contribution is 5.18. The molecule has 1 aliphatic rings. The van der Waals surface area contributed by atoms with Crippen LogP contribution in [0.3, 0.4) is 0 Å². The Balaban J connectivity index is 2.53. The average Bonchev–Trinajstić information content (AvgIpc) is 2.39. The Labute approximate surface area is 93.9 Å². The van der Waals surface area contributed by atoms with Crippen molar-refractivity contribution >= 4 is 0 Å². The van der Waals surface area contributed by atoms with Gasteiger partial charge in [0.05, 0.1) is 5.76 Å². The van der Waals surface area contributed by atoms with Gasteiger partial charge in [-0.1, -0.05) is 25.5 Å². The molecule has 15 heavy (non-hydrogen) atoms. The minimum absolute atomic E-state index is 0.351. The van der Waals surface area contributed by atoms with Crippen LogP contribution in [0.5, 0.6) is 0 Å². The molecule has 1 rings (SSSR count). The van der Waals surface area contributed by atoms with E-state index in [4.69, 9.17) is 0 Å².